The third-order valence-electron chi connectivity index (χ3n) is 3.47. The molecule has 0 aliphatic carbocycles. The highest BCUT2D eigenvalue weighted by atomic mass is 16.6. The number of nitrogens with zero attached hydrogens (tertiary/aromatic N) is 1. The van der Waals surface area contributed by atoms with E-state index >= 15 is 0 Å². The van der Waals surface area contributed by atoms with Gasteiger partial charge in [0.2, 0.25) is 0 Å². The van der Waals surface area contributed by atoms with Gasteiger partial charge in [-0.15, -0.1) is 0 Å². The molecule has 0 aliphatic heterocycles. The molecule has 0 spiro atoms. The number of ether oxygens (including phenoxy) is 1. The summed E-state index contributed by atoms with van der Waals surface area (Å²) >= 11 is 0. The van der Waals surface area contributed by atoms with E-state index in [0.29, 0.717) is 24.9 Å². The van der Waals surface area contributed by atoms with E-state index in [1.54, 1.807) is 24.5 Å². The fraction of sp³-hybridized carbons (Fsp3) is 0.350. The van der Waals surface area contributed by atoms with E-state index in [4.69, 9.17) is 4.74 Å². The predicted molar refractivity (Wildman–Crippen MR) is 96.7 cm³/mol. The number of Topliss-reactive ketones (excluding diaryl/α,β-unsaturated/α-hetero) is 1. The van der Waals surface area contributed by atoms with Gasteiger partial charge in [-0.2, -0.15) is 0 Å². The Morgan fingerprint density at radius 1 is 1.00 bits per heavy atom. The average molecular weight is 340 g/mol. The normalized spacial score (nSPS) is 11.0. The lowest BCUT2D eigenvalue weighted by Crippen LogP contribution is -2.33. The lowest BCUT2D eigenvalue weighted by atomic mass is 10.0. The Labute approximate surface area is 148 Å². The van der Waals surface area contributed by atoms with Crippen molar-refractivity contribution in [2.45, 2.75) is 39.2 Å². The lowest BCUT2D eigenvalue weighted by Gasteiger charge is -2.19. The molecule has 0 fully saturated rings. The van der Waals surface area contributed by atoms with Gasteiger partial charge in [0.1, 0.15) is 5.60 Å². The Kier molecular flexibility index (Phi) is 6.28. The number of hydrogen-bond donors (Lipinski definition) is 1. The minimum absolute atomic E-state index is 0.0711. The van der Waals surface area contributed by atoms with Crippen molar-refractivity contribution in [3.63, 3.8) is 0 Å². The smallest absolute Gasteiger partial charge is 0.407 e. The molecule has 0 bridgehead atoms. The summed E-state index contributed by atoms with van der Waals surface area (Å²) in [4.78, 5) is 27.7. The number of hydrogen-bond acceptors (Lipinski definition) is 4. The van der Waals surface area contributed by atoms with Gasteiger partial charge in [0, 0.05) is 30.9 Å². The van der Waals surface area contributed by atoms with Crippen molar-refractivity contribution >= 4 is 11.9 Å². The van der Waals surface area contributed by atoms with Crippen molar-refractivity contribution in [1.82, 2.24) is 10.3 Å². The molecular weight excluding hydrogens is 316 g/mol. The monoisotopic (exact) mass is 340 g/mol. The number of carbonyl (C=O) groups is 2. The summed E-state index contributed by atoms with van der Waals surface area (Å²) in [7, 11) is 0. The number of ketones is 1. The van der Waals surface area contributed by atoms with Gasteiger partial charge in [0.05, 0.1) is 0 Å². The first-order valence-corrected chi connectivity index (χ1v) is 8.31. The van der Waals surface area contributed by atoms with Gasteiger partial charge < -0.3 is 10.1 Å². The molecule has 0 radical (unpaired) electrons. The van der Waals surface area contributed by atoms with Gasteiger partial charge in [-0.1, -0.05) is 24.3 Å². The van der Waals surface area contributed by atoms with E-state index in [1.807, 2.05) is 45.0 Å². The van der Waals surface area contributed by atoms with Crippen LogP contribution in [-0.4, -0.2) is 29.0 Å². The van der Waals surface area contributed by atoms with Gasteiger partial charge in [0.15, 0.2) is 5.78 Å². The molecule has 1 N–H and O–H groups in total. The van der Waals surface area contributed by atoms with Crippen molar-refractivity contribution in [1.29, 1.82) is 0 Å². The van der Waals surface area contributed by atoms with Crippen molar-refractivity contribution in [2.75, 3.05) is 6.54 Å². The molecule has 25 heavy (non-hydrogen) atoms. The second kappa shape index (κ2) is 8.42. The number of pyridine rings is 1. The summed E-state index contributed by atoms with van der Waals surface area (Å²) in [5, 5.41) is 2.73. The molecule has 1 amide bonds. The molecule has 5 heteroatoms. The van der Waals surface area contributed by atoms with Crippen LogP contribution in [0.15, 0.2) is 48.8 Å². The zero-order valence-electron chi connectivity index (χ0n) is 14.9. The number of amides is 1. The van der Waals surface area contributed by atoms with Crippen LogP contribution in [0.3, 0.4) is 0 Å². The Hall–Kier alpha value is -2.69. The number of benzene rings is 1. The predicted octanol–water partition coefficient (Wildman–Crippen LogP) is 3.57. The number of nitrogens with one attached hydrogen (secondary N) is 1. The summed E-state index contributed by atoms with van der Waals surface area (Å²) in [5.41, 5.74) is 2.23. The molecule has 0 atom stereocenters. The quantitative estimate of drug-likeness (QED) is 0.816. The number of carbonyl (C=O) groups excluding carboxylic acids is 2. The minimum Gasteiger partial charge on any atom is -0.444 e. The van der Waals surface area contributed by atoms with Gasteiger partial charge >= 0.3 is 6.09 Å². The van der Waals surface area contributed by atoms with Crippen LogP contribution in [-0.2, 0) is 17.6 Å². The summed E-state index contributed by atoms with van der Waals surface area (Å²) < 4.78 is 5.19. The van der Waals surface area contributed by atoms with E-state index in [0.717, 1.165) is 11.1 Å². The zero-order valence-corrected chi connectivity index (χ0v) is 14.9. The fourth-order valence-corrected chi connectivity index (χ4v) is 2.27. The van der Waals surface area contributed by atoms with Crippen LogP contribution >= 0.6 is 0 Å². The summed E-state index contributed by atoms with van der Waals surface area (Å²) in [6.45, 7) is 6.00. The molecule has 5 nitrogen and oxygen atoms in total. The second-order valence-corrected chi connectivity index (χ2v) is 6.83. The van der Waals surface area contributed by atoms with Gasteiger partial charge in [-0.05, 0) is 50.5 Å². The first-order chi connectivity index (χ1) is 11.8. The van der Waals surface area contributed by atoms with Crippen LogP contribution in [0, 0.1) is 0 Å². The van der Waals surface area contributed by atoms with Crippen LogP contribution in [0.25, 0.3) is 0 Å². The molecule has 132 valence electrons. The van der Waals surface area contributed by atoms with E-state index in [1.165, 1.54) is 0 Å². The third-order valence-corrected chi connectivity index (χ3v) is 3.47. The molecule has 0 saturated carbocycles. The summed E-state index contributed by atoms with van der Waals surface area (Å²) in [6.07, 6.45) is 3.90. The van der Waals surface area contributed by atoms with Crippen LogP contribution in [0.5, 0.6) is 0 Å². The third kappa shape index (κ3) is 6.75. The van der Waals surface area contributed by atoms with Gasteiger partial charge in [-0.25, -0.2) is 4.79 Å². The molecule has 0 aliphatic rings. The maximum atomic E-state index is 12.2. The Morgan fingerprint density at radius 3 is 2.20 bits per heavy atom. The highest BCUT2D eigenvalue weighted by Crippen LogP contribution is 2.10. The van der Waals surface area contributed by atoms with Crippen LogP contribution in [0.1, 0.15) is 42.3 Å². The van der Waals surface area contributed by atoms with Crippen LogP contribution < -0.4 is 5.32 Å². The largest absolute Gasteiger partial charge is 0.444 e. The lowest BCUT2D eigenvalue weighted by molar-refractivity contribution is 0.0528. The molecule has 1 aromatic heterocycles. The van der Waals surface area contributed by atoms with E-state index in [2.05, 4.69) is 10.3 Å². The molecule has 1 aromatic carbocycles. The fourth-order valence-electron chi connectivity index (χ4n) is 2.27. The highest BCUT2D eigenvalue weighted by Gasteiger charge is 2.15. The topological polar surface area (TPSA) is 68.3 Å². The van der Waals surface area contributed by atoms with Crippen LogP contribution in [0.2, 0.25) is 0 Å². The number of aromatic nitrogens is 1. The van der Waals surface area contributed by atoms with Crippen molar-refractivity contribution in [2.24, 2.45) is 0 Å². The second-order valence-electron chi connectivity index (χ2n) is 6.83. The molecule has 0 unspecified atom stereocenters. The minimum atomic E-state index is -0.493. The van der Waals surface area contributed by atoms with Crippen molar-refractivity contribution in [3.8, 4) is 0 Å². The number of alkyl carbamates (subject to hydrolysis) is 1. The van der Waals surface area contributed by atoms with Crippen molar-refractivity contribution < 1.29 is 14.3 Å². The Bertz CT molecular complexity index is 704. The summed E-state index contributed by atoms with van der Waals surface area (Å²) in [5.74, 6) is 0.0711. The maximum Gasteiger partial charge on any atom is 0.407 e. The van der Waals surface area contributed by atoms with Gasteiger partial charge in [0.25, 0.3) is 0 Å². The molecule has 1 heterocycles. The Morgan fingerprint density at radius 2 is 1.60 bits per heavy atom. The first-order valence-electron chi connectivity index (χ1n) is 8.31. The zero-order chi connectivity index (χ0) is 18.3. The molecule has 0 saturated heterocycles. The summed E-state index contributed by atoms with van der Waals surface area (Å²) in [6, 6.07) is 11.3. The SMILES string of the molecule is CC(C)(C)OC(=O)NCCc1ccc(CC(=O)c2ccncc2)cc1. The highest BCUT2D eigenvalue weighted by molar-refractivity contribution is 5.97. The number of rotatable bonds is 6. The van der Waals surface area contributed by atoms with Crippen molar-refractivity contribution in [3.05, 3.63) is 65.5 Å². The van der Waals surface area contributed by atoms with E-state index < -0.39 is 11.7 Å². The van der Waals surface area contributed by atoms with E-state index in [-0.39, 0.29) is 5.78 Å². The van der Waals surface area contributed by atoms with E-state index in [9.17, 15) is 9.59 Å². The molecule has 2 aromatic rings. The van der Waals surface area contributed by atoms with Gasteiger partial charge in [-0.3, -0.25) is 9.78 Å². The Balaban J connectivity index is 1.80. The van der Waals surface area contributed by atoms with Crippen LogP contribution in [0.4, 0.5) is 4.79 Å². The first kappa shape index (κ1) is 18.6. The standard InChI is InChI=1S/C20H24N2O3/c1-20(2,3)25-19(24)22-13-8-15-4-6-16(7-5-15)14-18(23)17-9-11-21-12-10-17/h4-7,9-12H,8,13-14H2,1-3H3,(H,22,24). The molecular formula is C20H24N2O3. The molecule has 2 rings (SSSR count). The average Bonchev–Trinajstić information content (AvgIpc) is 2.55. The maximum absolute atomic E-state index is 12.2.